The predicted molar refractivity (Wildman–Crippen MR) is 101 cm³/mol. The van der Waals surface area contributed by atoms with Crippen molar-refractivity contribution in [1.82, 2.24) is 14.4 Å². The van der Waals surface area contributed by atoms with E-state index in [4.69, 9.17) is 0 Å². The monoisotopic (exact) mass is 333 g/mol. The lowest BCUT2D eigenvalue weighted by atomic mass is 10.1. The Balaban J connectivity index is 1.34. The van der Waals surface area contributed by atoms with Crippen molar-refractivity contribution in [3.8, 4) is 0 Å². The lowest BCUT2D eigenvalue weighted by Gasteiger charge is -2.34. The van der Waals surface area contributed by atoms with Crippen LogP contribution in [0.3, 0.4) is 0 Å². The number of carbonyl (C=O) groups is 1. The molecule has 1 amide bonds. The molecule has 0 atom stereocenters. The molecule has 0 N–H and O–H groups in total. The number of aromatic nitrogens is 1. The Morgan fingerprint density at radius 1 is 0.840 bits per heavy atom. The SMILES string of the molecule is O=C(N1CCN(CCc2ccccc2)CC1)n1ccc2ccccc21. The highest BCUT2D eigenvalue weighted by Gasteiger charge is 2.22. The molecule has 25 heavy (non-hydrogen) atoms. The molecule has 0 bridgehead atoms. The third-order valence-corrected chi connectivity index (χ3v) is 5.01. The summed E-state index contributed by atoms with van der Waals surface area (Å²) in [6.45, 7) is 4.52. The van der Waals surface area contributed by atoms with Crippen LogP contribution in [-0.2, 0) is 6.42 Å². The summed E-state index contributed by atoms with van der Waals surface area (Å²) in [5.41, 5.74) is 2.36. The van der Waals surface area contributed by atoms with Crippen LogP contribution >= 0.6 is 0 Å². The summed E-state index contributed by atoms with van der Waals surface area (Å²) in [6, 6.07) is 20.7. The number of rotatable bonds is 3. The van der Waals surface area contributed by atoms with Gasteiger partial charge in [0.1, 0.15) is 0 Å². The molecule has 0 radical (unpaired) electrons. The normalized spacial score (nSPS) is 15.6. The minimum atomic E-state index is 0.0870. The minimum absolute atomic E-state index is 0.0870. The zero-order valence-corrected chi connectivity index (χ0v) is 14.3. The zero-order valence-electron chi connectivity index (χ0n) is 14.3. The second-order valence-corrected chi connectivity index (χ2v) is 6.59. The molecule has 2 heterocycles. The average Bonchev–Trinajstić information content (AvgIpc) is 3.11. The molecule has 1 aliphatic heterocycles. The Morgan fingerprint density at radius 2 is 1.56 bits per heavy atom. The number of fused-ring (bicyclic) bond motifs is 1. The van der Waals surface area contributed by atoms with E-state index < -0.39 is 0 Å². The number of hydrogen-bond acceptors (Lipinski definition) is 2. The second kappa shape index (κ2) is 7.11. The van der Waals surface area contributed by atoms with E-state index in [-0.39, 0.29) is 6.03 Å². The van der Waals surface area contributed by atoms with Crippen molar-refractivity contribution in [3.05, 3.63) is 72.4 Å². The van der Waals surface area contributed by atoms with E-state index in [0.29, 0.717) is 0 Å². The lowest BCUT2D eigenvalue weighted by molar-refractivity contribution is 0.141. The molecule has 4 nitrogen and oxygen atoms in total. The molecule has 128 valence electrons. The number of nitrogens with zero attached hydrogens (tertiary/aromatic N) is 3. The van der Waals surface area contributed by atoms with Gasteiger partial charge in [-0.05, 0) is 24.1 Å². The molecule has 1 saturated heterocycles. The summed E-state index contributed by atoms with van der Waals surface area (Å²) in [4.78, 5) is 17.2. The van der Waals surface area contributed by atoms with Gasteiger partial charge in [-0.25, -0.2) is 4.79 Å². The minimum Gasteiger partial charge on any atom is -0.321 e. The third kappa shape index (κ3) is 3.44. The number of piperazine rings is 1. The summed E-state index contributed by atoms with van der Waals surface area (Å²) >= 11 is 0. The molecule has 3 aromatic rings. The second-order valence-electron chi connectivity index (χ2n) is 6.59. The molecule has 0 aliphatic carbocycles. The van der Waals surface area contributed by atoms with Gasteiger partial charge < -0.3 is 4.90 Å². The summed E-state index contributed by atoms with van der Waals surface area (Å²) in [6.07, 6.45) is 2.95. The lowest BCUT2D eigenvalue weighted by Crippen LogP contribution is -2.50. The van der Waals surface area contributed by atoms with Crippen molar-refractivity contribution < 1.29 is 4.79 Å². The van der Waals surface area contributed by atoms with Crippen LogP contribution in [0, 0.1) is 0 Å². The van der Waals surface area contributed by atoms with Gasteiger partial charge in [0.15, 0.2) is 0 Å². The highest BCUT2D eigenvalue weighted by Crippen LogP contribution is 2.16. The van der Waals surface area contributed by atoms with Crippen LogP contribution in [0.2, 0.25) is 0 Å². The first-order valence-electron chi connectivity index (χ1n) is 8.93. The van der Waals surface area contributed by atoms with E-state index in [2.05, 4.69) is 35.2 Å². The van der Waals surface area contributed by atoms with Gasteiger partial charge >= 0.3 is 6.03 Å². The Morgan fingerprint density at radius 3 is 2.36 bits per heavy atom. The molecule has 4 heteroatoms. The first-order valence-corrected chi connectivity index (χ1v) is 8.93. The summed E-state index contributed by atoms with van der Waals surface area (Å²) in [7, 11) is 0. The van der Waals surface area contributed by atoms with Crippen molar-refractivity contribution >= 4 is 16.9 Å². The van der Waals surface area contributed by atoms with Gasteiger partial charge in [-0.15, -0.1) is 0 Å². The fraction of sp³-hybridized carbons (Fsp3) is 0.286. The fourth-order valence-electron chi connectivity index (χ4n) is 3.50. The van der Waals surface area contributed by atoms with Gasteiger partial charge in [0.2, 0.25) is 0 Å². The first kappa shape index (κ1) is 15.9. The quantitative estimate of drug-likeness (QED) is 0.734. The maximum atomic E-state index is 12.8. The van der Waals surface area contributed by atoms with Gasteiger partial charge in [-0.3, -0.25) is 9.47 Å². The highest BCUT2D eigenvalue weighted by molar-refractivity contribution is 5.91. The van der Waals surface area contributed by atoms with Gasteiger partial charge in [0.25, 0.3) is 0 Å². The van der Waals surface area contributed by atoms with E-state index >= 15 is 0 Å². The van der Waals surface area contributed by atoms with Crippen LogP contribution in [0.5, 0.6) is 0 Å². The number of amides is 1. The number of carbonyl (C=O) groups excluding carboxylic acids is 1. The van der Waals surface area contributed by atoms with Crippen molar-refractivity contribution in [1.29, 1.82) is 0 Å². The molecule has 0 spiro atoms. The molecule has 1 fully saturated rings. The van der Waals surface area contributed by atoms with Crippen LogP contribution in [0.25, 0.3) is 10.9 Å². The van der Waals surface area contributed by atoms with Crippen molar-refractivity contribution in [2.75, 3.05) is 32.7 Å². The van der Waals surface area contributed by atoms with Crippen LogP contribution in [0.4, 0.5) is 4.79 Å². The van der Waals surface area contributed by atoms with Crippen molar-refractivity contribution in [3.63, 3.8) is 0 Å². The third-order valence-electron chi connectivity index (χ3n) is 5.01. The highest BCUT2D eigenvalue weighted by atomic mass is 16.2. The molecule has 1 aliphatic rings. The van der Waals surface area contributed by atoms with Crippen LogP contribution < -0.4 is 0 Å². The van der Waals surface area contributed by atoms with Crippen LogP contribution in [0.15, 0.2) is 66.9 Å². The number of hydrogen-bond donors (Lipinski definition) is 0. The fourth-order valence-corrected chi connectivity index (χ4v) is 3.50. The van der Waals surface area contributed by atoms with Gasteiger partial charge in [-0.2, -0.15) is 0 Å². The van der Waals surface area contributed by atoms with E-state index in [1.54, 1.807) is 4.57 Å². The summed E-state index contributed by atoms with van der Waals surface area (Å²) in [5, 5.41) is 1.11. The Labute approximate surface area is 148 Å². The summed E-state index contributed by atoms with van der Waals surface area (Å²) < 4.78 is 1.77. The topological polar surface area (TPSA) is 28.5 Å². The van der Waals surface area contributed by atoms with E-state index in [0.717, 1.165) is 50.0 Å². The van der Waals surface area contributed by atoms with Gasteiger partial charge in [0.05, 0.1) is 5.52 Å². The molecule has 1 aromatic heterocycles. The van der Waals surface area contributed by atoms with Gasteiger partial charge in [0, 0.05) is 44.3 Å². The maximum absolute atomic E-state index is 12.8. The van der Waals surface area contributed by atoms with E-state index in [1.165, 1.54) is 5.56 Å². The molecule has 0 saturated carbocycles. The summed E-state index contributed by atoms with van der Waals surface area (Å²) in [5.74, 6) is 0. The van der Waals surface area contributed by atoms with E-state index in [9.17, 15) is 4.79 Å². The Kier molecular flexibility index (Phi) is 4.53. The van der Waals surface area contributed by atoms with Gasteiger partial charge in [-0.1, -0.05) is 48.5 Å². The zero-order chi connectivity index (χ0) is 17.1. The van der Waals surface area contributed by atoms with E-state index in [1.807, 2.05) is 41.4 Å². The largest absolute Gasteiger partial charge is 0.328 e. The van der Waals surface area contributed by atoms with Crippen molar-refractivity contribution in [2.45, 2.75) is 6.42 Å². The molecule has 4 rings (SSSR count). The number of benzene rings is 2. The number of para-hydroxylation sites is 1. The standard InChI is InChI=1S/C21H23N3O/c25-21(24-13-11-19-8-4-5-9-20(19)24)23-16-14-22(15-17-23)12-10-18-6-2-1-3-7-18/h1-9,11,13H,10,12,14-17H2. The Hall–Kier alpha value is -2.59. The smallest absolute Gasteiger partial charge is 0.321 e. The van der Waals surface area contributed by atoms with Crippen LogP contribution in [-0.4, -0.2) is 53.1 Å². The average molecular weight is 333 g/mol. The maximum Gasteiger partial charge on any atom is 0.328 e. The molecular weight excluding hydrogens is 310 g/mol. The molecule has 0 unspecified atom stereocenters. The predicted octanol–water partition coefficient (Wildman–Crippen LogP) is 3.47. The molecular formula is C21H23N3O. The first-order chi connectivity index (χ1) is 12.3. The van der Waals surface area contributed by atoms with Crippen molar-refractivity contribution in [2.24, 2.45) is 0 Å². The molecule has 2 aromatic carbocycles. The Bertz CT molecular complexity index is 848. The van der Waals surface area contributed by atoms with Crippen LogP contribution in [0.1, 0.15) is 5.56 Å².